The van der Waals surface area contributed by atoms with Crippen LogP contribution in [0.15, 0.2) is 54.8 Å². The molecule has 2 aromatic rings. The van der Waals surface area contributed by atoms with Crippen LogP contribution in [0.4, 0.5) is 5.69 Å². The van der Waals surface area contributed by atoms with Crippen LogP contribution >= 0.6 is 0 Å². The third-order valence-corrected chi connectivity index (χ3v) is 5.93. The fourth-order valence-electron chi connectivity index (χ4n) is 4.40. The predicted molar refractivity (Wildman–Crippen MR) is 112 cm³/mol. The van der Waals surface area contributed by atoms with Crippen molar-refractivity contribution in [2.75, 3.05) is 24.7 Å². The summed E-state index contributed by atoms with van der Waals surface area (Å²) in [5.41, 5.74) is 2.74. The number of para-hydroxylation sites is 1. The molecule has 0 unspecified atom stereocenters. The summed E-state index contributed by atoms with van der Waals surface area (Å²) in [7, 11) is 0. The highest BCUT2D eigenvalue weighted by molar-refractivity contribution is 6.06. The van der Waals surface area contributed by atoms with Gasteiger partial charge in [0.25, 0.3) is 11.7 Å². The SMILES string of the molecule is O=C1N(CCCCCCn2cc(C3C=CC=C3)nn2)c2ccccc2C12OCCO2. The first kappa shape index (κ1) is 19.2. The van der Waals surface area contributed by atoms with Crippen molar-refractivity contribution < 1.29 is 14.3 Å². The molecule has 1 aromatic carbocycles. The Morgan fingerprint density at radius 3 is 2.53 bits per heavy atom. The number of hydrogen-bond donors (Lipinski definition) is 0. The predicted octanol–water partition coefficient (Wildman–Crippen LogP) is 3.29. The monoisotopic (exact) mass is 406 g/mol. The lowest BCUT2D eigenvalue weighted by molar-refractivity contribution is -0.180. The van der Waals surface area contributed by atoms with Crippen LogP contribution < -0.4 is 4.90 Å². The number of nitrogens with zero attached hydrogens (tertiary/aromatic N) is 4. The van der Waals surface area contributed by atoms with Crippen molar-refractivity contribution in [2.45, 2.75) is 43.9 Å². The second-order valence-corrected chi connectivity index (χ2v) is 7.90. The number of aryl methyl sites for hydroxylation is 1. The van der Waals surface area contributed by atoms with Crippen LogP contribution in [0.1, 0.15) is 42.9 Å². The Morgan fingerprint density at radius 1 is 1.00 bits per heavy atom. The Hall–Kier alpha value is -2.77. The summed E-state index contributed by atoms with van der Waals surface area (Å²) in [6, 6.07) is 7.79. The summed E-state index contributed by atoms with van der Waals surface area (Å²) in [4.78, 5) is 14.9. The average Bonchev–Trinajstić information content (AvgIpc) is 3.56. The van der Waals surface area contributed by atoms with Gasteiger partial charge in [0.15, 0.2) is 0 Å². The van der Waals surface area contributed by atoms with E-state index in [1.807, 2.05) is 52.2 Å². The minimum absolute atomic E-state index is 0.0913. The number of hydrogen-bond acceptors (Lipinski definition) is 5. The van der Waals surface area contributed by atoms with Gasteiger partial charge in [-0.2, -0.15) is 0 Å². The molecule has 1 fully saturated rings. The lowest BCUT2D eigenvalue weighted by Gasteiger charge is -2.22. The fourth-order valence-corrected chi connectivity index (χ4v) is 4.40. The van der Waals surface area contributed by atoms with Gasteiger partial charge in [0.2, 0.25) is 0 Å². The highest BCUT2D eigenvalue weighted by atomic mass is 16.7. The number of anilines is 1. The van der Waals surface area contributed by atoms with Crippen LogP contribution in [0.3, 0.4) is 0 Å². The second kappa shape index (κ2) is 8.16. The maximum atomic E-state index is 13.1. The highest BCUT2D eigenvalue weighted by Crippen LogP contribution is 2.45. The molecule has 156 valence electrons. The van der Waals surface area contributed by atoms with E-state index in [0.717, 1.165) is 49.2 Å². The molecule has 2 aliphatic heterocycles. The molecule has 5 rings (SSSR count). The number of carbonyl (C=O) groups is 1. The summed E-state index contributed by atoms with van der Waals surface area (Å²) in [5, 5.41) is 8.51. The molecule has 30 heavy (non-hydrogen) atoms. The zero-order valence-corrected chi connectivity index (χ0v) is 16.9. The van der Waals surface area contributed by atoms with E-state index in [9.17, 15) is 4.79 Å². The minimum atomic E-state index is -1.22. The van der Waals surface area contributed by atoms with Gasteiger partial charge in [0.1, 0.15) is 0 Å². The molecule has 7 nitrogen and oxygen atoms in total. The van der Waals surface area contributed by atoms with Gasteiger partial charge >= 0.3 is 0 Å². The molecule has 3 aliphatic rings. The van der Waals surface area contributed by atoms with E-state index in [4.69, 9.17) is 9.47 Å². The Kier molecular flexibility index (Phi) is 5.23. The smallest absolute Gasteiger partial charge is 0.292 e. The van der Waals surface area contributed by atoms with E-state index in [1.165, 1.54) is 0 Å². The lowest BCUT2D eigenvalue weighted by Crippen LogP contribution is -2.41. The normalized spacial score (nSPS) is 19.5. The Labute approximate surface area is 176 Å². The number of carbonyl (C=O) groups excluding carboxylic acids is 1. The van der Waals surface area contributed by atoms with Gasteiger partial charge in [-0.25, -0.2) is 0 Å². The molecular weight excluding hydrogens is 380 g/mol. The van der Waals surface area contributed by atoms with Crippen molar-refractivity contribution >= 4 is 11.6 Å². The summed E-state index contributed by atoms with van der Waals surface area (Å²) >= 11 is 0. The molecule has 0 bridgehead atoms. The third-order valence-electron chi connectivity index (χ3n) is 5.93. The van der Waals surface area contributed by atoms with Crippen LogP contribution in [0.25, 0.3) is 0 Å². The maximum Gasteiger partial charge on any atom is 0.292 e. The number of rotatable bonds is 8. The number of allylic oxidation sites excluding steroid dienone is 4. The third kappa shape index (κ3) is 3.38. The first-order valence-corrected chi connectivity index (χ1v) is 10.7. The highest BCUT2D eigenvalue weighted by Gasteiger charge is 2.55. The number of aromatic nitrogens is 3. The van der Waals surface area contributed by atoms with E-state index in [-0.39, 0.29) is 11.8 Å². The van der Waals surface area contributed by atoms with Crippen molar-refractivity contribution in [1.82, 2.24) is 15.0 Å². The molecular formula is C23H26N4O3. The van der Waals surface area contributed by atoms with Gasteiger partial charge in [-0.3, -0.25) is 9.48 Å². The number of unbranched alkanes of at least 4 members (excludes halogenated alkanes) is 3. The first-order chi connectivity index (χ1) is 14.8. The quantitative estimate of drug-likeness (QED) is 0.629. The summed E-state index contributed by atoms with van der Waals surface area (Å²) in [5.74, 6) is -1.05. The molecule has 1 spiro atoms. The lowest BCUT2D eigenvalue weighted by atomic mass is 10.1. The summed E-state index contributed by atoms with van der Waals surface area (Å²) < 4.78 is 13.5. The van der Waals surface area contributed by atoms with Gasteiger partial charge in [0, 0.05) is 30.8 Å². The van der Waals surface area contributed by atoms with Crippen molar-refractivity contribution in [2.24, 2.45) is 0 Å². The van der Waals surface area contributed by atoms with Gasteiger partial charge in [-0.1, -0.05) is 60.6 Å². The van der Waals surface area contributed by atoms with Crippen molar-refractivity contribution in [3.8, 4) is 0 Å². The van der Waals surface area contributed by atoms with Gasteiger partial charge < -0.3 is 14.4 Å². The molecule has 0 N–H and O–H groups in total. The molecule has 1 saturated heterocycles. The van der Waals surface area contributed by atoms with Gasteiger partial charge in [-0.05, 0) is 18.9 Å². The molecule has 0 saturated carbocycles. The Morgan fingerprint density at radius 2 is 1.73 bits per heavy atom. The average molecular weight is 406 g/mol. The van der Waals surface area contributed by atoms with Crippen LogP contribution in [0.2, 0.25) is 0 Å². The van der Waals surface area contributed by atoms with Crippen LogP contribution in [0, 0.1) is 0 Å². The second-order valence-electron chi connectivity index (χ2n) is 7.90. The van der Waals surface area contributed by atoms with E-state index in [2.05, 4.69) is 22.5 Å². The number of fused-ring (bicyclic) bond motifs is 2. The van der Waals surface area contributed by atoms with Crippen molar-refractivity contribution in [3.63, 3.8) is 0 Å². The Bertz CT molecular complexity index is 962. The number of ether oxygens (including phenoxy) is 2. The zero-order chi connectivity index (χ0) is 20.4. The molecule has 0 radical (unpaired) electrons. The van der Waals surface area contributed by atoms with Crippen LogP contribution in [-0.2, 0) is 26.6 Å². The van der Waals surface area contributed by atoms with Crippen molar-refractivity contribution in [1.29, 1.82) is 0 Å². The first-order valence-electron chi connectivity index (χ1n) is 10.7. The van der Waals surface area contributed by atoms with Gasteiger partial charge in [0.05, 0.1) is 24.6 Å². The summed E-state index contributed by atoms with van der Waals surface area (Å²) in [6.07, 6.45) is 14.5. The maximum absolute atomic E-state index is 13.1. The number of amides is 1. The molecule has 7 heteroatoms. The standard InChI is InChI=1S/C23H26N4O3/c28-22-23(29-15-16-30-23)19-11-5-6-12-21(19)27(22)14-8-2-1-7-13-26-17-20(24-25-26)18-9-3-4-10-18/h3-6,9-12,17-18H,1-2,7-8,13-16H2. The van der Waals surface area contributed by atoms with Crippen LogP contribution in [-0.4, -0.2) is 40.7 Å². The van der Waals surface area contributed by atoms with E-state index >= 15 is 0 Å². The molecule has 0 atom stereocenters. The fraction of sp³-hybridized carbons (Fsp3) is 0.435. The minimum Gasteiger partial charge on any atom is -0.336 e. The zero-order valence-electron chi connectivity index (χ0n) is 16.9. The van der Waals surface area contributed by atoms with E-state index in [0.29, 0.717) is 19.8 Å². The topological polar surface area (TPSA) is 69.5 Å². The Balaban J connectivity index is 1.10. The molecule has 1 amide bonds. The molecule has 1 aliphatic carbocycles. The summed E-state index contributed by atoms with van der Waals surface area (Å²) in [6.45, 7) is 2.44. The molecule has 1 aromatic heterocycles. The largest absolute Gasteiger partial charge is 0.336 e. The van der Waals surface area contributed by atoms with E-state index in [1.54, 1.807) is 0 Å². The molecule has 3 heterocycles. The van der Waals surface area contributed by atoms with E-state index < -0.39 is 5.79 Å². The van der Waals surface area contributed by atoms with Crippen molar-refractivity contribution in [3.05, 3.63) is 66.0 Å². The van der Waals surface area contributed by atoms with Gasteiger partial charge in [-0.15, -0.1) is 5.10 Å². The van der Waals surface area contributed by atoms with Crippen LogP contribution in [0.5, 0.6) is 0 Å². The number of benzene rings is 1.